The first kappa shape index (κ1) is 18.0. The van der Waals surface area contributed by atoms with Gasteiger partial charge < -0.3 is 19.6 Å². The molecule has 1 atom stereocenters. The van der Waals surface area contributed by atoms with E-state index in [9.17, 15) is 18.9 Å². The molecule has 0 unspecified atom stereocenters. The fourth-order valence-electron chi connectivity index (χ4n) is 2.86. The van der Waals surface area contributed by atoms with Crippen molar-refractivity contribution in [2.75, 3.05) is 6.61 Å². The maximum Gasteiger partial charge on any atom is 0.414 e. The van der Waals surface area contributed by atoms with Gasteiger partial charge in [0.1, 0.15) is 30.5 Å². The molecule has 1 aliphatic heterocycles. The molecule has 0 spiro atoms. The summed E-state index contributed by atoms with van der Waals surface area (Å²) in [6.45, 7) is 0.772. The van der Waals surface area contributed by atoms with E-state index in [0.29, 0.717) is 17.8 Å². The topological polar surface area (TPSA) is 92.3 Å². The largest absolute Gasteiger partial charge is 0.443 e. The van der Waals surface area contributed by atoms with E-state index in [2.05, 4.69) is 9.97 Å². The Morgan fingerprint density at radius 1 is 1.32 bits per heavy atom. The number of rotatable bonds is 5. The van der Waals surface area contributed by atoms with Crippen LogP contribution in [0.3, 0.4) is 0 Å². The third-order valence-corrected chi connectivity index (χ3v) is 4.25. The number of ether oxygens (including phenoxy) is 2. The molecule has 0 N–H and O–H groups in total. The molecule has 10 heteroatoms. The highest BCUT2D eigenvalue weighted by Crippen LogP contribution is 2.24. The number of fused-ring (bicyclic) bond motifs is 1. The molecule has 0 bridgehead atoms. The van der Waals surface area contributed by atoms with Gasteiger partial charge in [0.2, 0.25) is 0 Å². The second kappa shape index (κ2) is 7.31. The zero-order valence-electron chi connectivity index (χ0n) is 14.4. The summed E-state index contributed by atoms with van der Waals surface area (Å²) < 4.78 is 39.5. The Labute approximate surface area is 157 Å². The smallest absolute Gasteiger partial charge is 0.414 e. The number of pyridine rings is 1. The van der Waals surface area contributed by atoms with Gasteiger partial charge in [-0.15, -0.1) is 0 Å². The lowest BCUT2D eigenvalue weighted by molar-refractivity contribution is -0.389. The van der Waals surface area contributed by atoms with Gasteiger partial charge in [0.05, 0.1) is 18.8 Å². The Balaban J connectivity index is 1.38. The van der Waals surface area contributed by atoms with Crippen molar-refractivity contribution in [3.8, 4) is 17.1 Å². The minimum Gasteiger partial charge on any atom is -0.443 e. The third kappa shape index (κ3) is 3.67. The van der Waals surface area contributed by atoms with E-state index >= 15 is 0 Å². The lowest BCUT2D eigenvalue weighted by Crippen LogP contribution is -2.32. The molecule has 3 aromatic rings. The van der Waals surface area contributed by atoms with Gasteiger partial charge in [0, 0.05) is 28.4 Å². The number of nitrogens with zero attached hydrogens (tertiary/aromatic N) is 4. The second-order valence-electron chi connectivity index (χ2n) is 6.20. The van der Waals surface area contributed by atoms with Crippen LogP contribution in [0, 0.1) is 21.7 Å². The predicted molar refractivity (Wildman–Crippen MR) is 92.5 cm³/mol. The first-order valence-corrected chi connectivity index (χ1v) is 8.36. The van der Waals surface area contributed by atoms with E-state index in [1.165, 1.54) is 29.1 Å². The molecule has 1 aliphatic rings. The van der Waals surface area contributed by atoms with E-state index in [1.54, 1.807) is 12.1 Å². The van der Waals surface area contributed by atoms with Crippen molar-refractivity contribution in [3.63, 3.8) is 0 Å². The van der Waals surface area contributed by atoms with Gasteiger partial charge in [-0.2, -0.15) is 0 Å². The van der Waals surface area contributed by atoms with Gasteiger partial charge in [0.25, 0.3) is 0 Å². The highest BCUT2D eigenvalue weighted by molar-refractivity contribution is 5.63. The molecule has 0 fully saturated rings. The van der Waals surface area contributed by atoms with E-state index in [1.807, 2.05) is 0 Å². The summed E-state index contributed by atoms with van der Waals surface area (Å²) in [5, 5.41) is 10.8. The molecule has 4 rings (SSSR count). The first-order valence-electron chi connectivity index (χ1n) is 8.36. The standard InChI is InChI=1S/C18H14F2N4O4/c19-12-2-4-15(16(20)5-12)11-1-3-13(21-6-11)9-27-14-7-23-8-17(24(25)26)22-18(23)28-10-14/h1-6,8,14H,7,9-10H2/t14-/m1/s1. The van der Waals surface area contributed by atoms with Crippen molar-refractivity contribution in [1.29, 1.82) is 0 Å². The van der Waals surface area contributed by atoms with Crippen LogP contribution in [-0.2, 0) is 17.9 Å². The average molecular weight is 388 g/mol. The Hall–Kier alpha value is -3.40. The average Bonchev–Trinajstić information content (AvgIpc) is 3.11. The molecule has 0 saturated heterocycles. The van der Waals surface area contributed by atoms with Crippen molar-refractivity contribution in [2.45, 2.75) is 19.3 Å². The van der Waals surface area contributed by atoms with Crippen LogP contribution in [0.25, 0.3) is 11.1 Å². The van der Waals surface area contributed by atoms with Crippen LogP contribution in [0.5, 0.6) is 6.01 Å². The summed E-state index contributed by atoms with van der Waals surface area (Å²) in [7, 11) is 0. The normalized spacial score (nSPS) is 15.7. The first-order chi connectivity index (χ1) is 13.5. The Morgan fingerprint density at radius 2 is 2.18 bits per heavy atom. The van der Waals surface area contributed by atoms with Crippen LogP contribution in [0.15, 0.2) is 42.7 Å². The number of halogens is 2. The monoisotopic (exact) mass is 388 g/mol. The third-order valence-electron chi connectivity index (χ3n) is 4.25. The lowest BCUT2D eigenvalue weighted by atomic mass is 10.1. The second-order valence-corrected chi connectivity index (χ2v) is 6.20. The van der Waals surface area contributed by atoms with Crippen LogP contribution in [-0.4, -0.2) is 32.2 Å². The van der Waals surface area contributed by atoms with Crippen molar-refractivity contribution < 1.29 is 23.2 Å². The number of imidazole rings is 1. The maximum absolute atomic E-state index is 13.8. The van der Waals surface area contributed by atoms with E-state index in [-0.39, 0.29) is 36.7 Å². The molecule has 144 valence electrons. The highest BCUT2D eigenvalue weighted by Gasteiger charge is 2.28. The maximum atomic E-state index is 13.8. The van der Waals surface area contributed by atoms with Gasteiger partial charge >= 0.3 is 11.8 Å². The van der Waals surface area contributed by atoms with Crippen molar-refractivity contribution in [1.82, 2.24) is 14.5 Å². The minimum atomic E-state index is -0.657. The van der Waals surface area contributed by atoms with E-state index in [4.69, 9.17) is 9.47 Å². The molecular weight excluding hydrogens is 374 g/mol. The van der Waals surface area contributed by atoms with Gasteiger partial charge in [0.15, 0.2) is 0 Å². The van der Waals surface area contributed by atoms with E-state index in [0.717, 1.165) is 6.07 Å². The summed E-state index contributed by atoms with van der Waals surface area (Å²) in [4.78, 5) is 18.2. The summed E-state index contributed by atoms with van der Waals surface area (Å²) in [6, 6.07) is 6.93. The highest BCUT2D eigenvalue weighted by atomic mass is 19.1. The van der Waals surface area contributed by atoms with Gasteiger partial charge in [-0.25, -0.2) is 8.78 Å². The summed E-state index contributed by atoms with van der Waals surface area (Å²) >= 11 is 0. The number of benzene rings is 1. The fourth-order valence-corrected chi connectivity index (χ4v) is 2.86. The van der Waals surface area contributed by atoms with Crippen LogP contribution in [0.1, 0.15) is 5.69 Å². The quantitative estimate of drug-likeness (QED) is 0.493. The molecule has 0 amide bonds. The summed E-state index contributed by atoms with van der Waals surface area (Å²) in [6.07, 6.45) is 2.47. The lowest BCUT2D eigenvalue weighted by Gasteiger charge is -2.22. The molecule has 8 nitrogen and oxygen atoms in total. The molecule has 1 aromatic carbocycles. The number of hydrogen-bond acceptors (Lipinski definition) is 6. The van der Waals surface area contributed by atoms with Gasteiger partial charge in [-0.1, -0.05) is 6.07 Å². The van der Waals surface area contributed by atoms with Gasteiger partial charge in [-0.3, -0.25) is 9.55 Å². The molecule has 0 saturated carbocycles. The molecular formula is C18H14F2N4O4. The zero-order chi connectivity index (χ0) is 19.7. The molecule has 0 aliphatic carbocycles. The van der Waals surface area contributed by atoms with Crippen molar-refractivity contribution in [3.05, 3.63) is 70.2 Å². The van der Waals surface area contributed by atoms with Crippen LogP contribution >= 0.6 is 0 Å². The Morgan fingerprint density at radius 3 is 2.89 bits per heavy atom. The number of nitro groups is 1. The Bertz CT molecular complexity index is 1020. The van der Waals surface area contributed by atoms with Crippen LogP contribution < -0.4 is 4.74 Å². The number of aromatic nitrogens is 3. The van der Waals surface area contributed by atoms with Crippen LogP contribution in [0.2, 0.25) is 0 Å². The minimum absolute atomic E-state index is 0.187. The zero-order valence-corrected chi connectivity index (χ0v) is 14.4. The van der Waals surface area contributed by atoms with Gasteiger partial charge in [-0.05, 0) is 23.1 Å². The molecule has 3 heterocycles. The summed E-state index contributed by atoms with van der Waals surface area (Å²) in [5.74, 6) is -1.57. The van der Waals surface area contributed by atoms with Crippen molar-refractivity contribution in [2.24, 2.45) is 0 Å². The molecule has 0 radical (unpaired) electrons. The van der Waals surface area contributed by atoms with Crippen molar-refractivity contribution >= 4 is 5.82 Å². The fraction of sp³-hybridized carbons (Fsp3) is 0.222. The SMILES string of the molecule is O=[N+]([O-])c1cn2c(n1)OC[C@H](OCc1ccc(-c3ccc(F)cc3F)cn1)C2. The summed E-state index contributed by atoms with van der Waals surface area (Å²) in [5.41, 5.74) is 1.41. The molecule has 2 aromatic heterocycles. The Kier molecular flexibility index (Phi) is 4.70. The van der Waals surface area contributed by atoms with E-state index < -0.39 is 16.6 Å². The van der Waals surface area contributed by atoms with Crippen LogP contribution in [0.4, 0.5) is 14.6 Å². The predicted octanol–water partition coefficient (Wildman–Crippen LogP) is 3.11. The molecule has 28 heavy (non-hydrogen) atoms. The number of hydrogen-bond donors (Lipinski definition) is 0.